The molecule has 2 aromatic carbocycles. The number of benzene rings is 2. The van der Waals surface area contributed by atoms with Gasteiger partial charge < -0.3 is 25.5 Å². The van der Waals surface area contributed by atoms with Crippen LogP contribution in [-0.4, -0.2) is 37.8 Å². The van der Waals surface area contributed by atoms with Gasteiger partial charge in [0.05, 0.1) is 23.8 Å². The summed E-state index contributed by atoms with van der Waals surface area (Å²) in [6.45, 7) is 3.79. The average molecular weight is 498 g/mol. The topological polar surface area (TPSA) is 138 Å². The molecule has 0 bridgehead atoms. The van der Waals surface area contributed by atoms with Gasteiger partial charge in [-0.1, -0.05) is 30.3 Å². The Hall–Kier alpha value is -4.31. The lowest BCUT2D eigenvalue weighted by atomic mass is 9.94. The third-order valence-electron chi connectivity index (χ3n) is 6.70. The molecule has 1 amide bonds. The molecule has 0 radical (unpaired) electrons. The summed E-state index contributed by atoms with van der Waals surface area (Å²) in [5.41, 5.74) is 3.29. The maximum Gasteiger partial charge on any atom is 0.253 e. The highest BCUT2D eigenvalue weighted by atomic mass is 16.4. The minimum Gasteiger partial charge on any atom is -0.420 e. The van der Waals surface area contributed by atoms with Gasteiger partial charge in [0, 0.05) is 23.4 Å². The molecule has 1 saturated carbocycles. The highest BCUT2D eigenvalue weighted by molar-refractivity contribution is 6.00. The van der Waals surface area contributed by atoms with Gasteiger partial charge in [-0.25, -0.2) is 4.98 Å². The Balaban J connectivity index is 1.35. The van der Waals surface area contributed by atoms with Crippen molar-refractivity contribution in [2.45, 2.75) is 44.2 Å². The molecule has 1 aliphatic carbocycles. The number of aliphatic hydroxyl groups excluding tert-OH is 1. The molecule has 188 valence electrons. The first-order valence-electron chi connectivity index (χ1n) is 12.3. The van der Waals surface area contributed by atoms with Gasteiger partial charge >= 0.3 is 0 Å². The zero-order valence-electron chi connectivity index (χ0n) is 20.5. The van der Waals surface area contributed by atoms with E-state index in [0.29, 0.717) is 40.6 Å². The number of anilines is 3. The number of hydrogen-bond acceptors (Lipinski definition) is 9. The van der Waals surface area contributed by atoms with Gasteiger partial charge in [0.15, 0.2) is 0 Å². The Kier molecular flexibility index (Phi) is 5.60. The van der Waals surface area contributed by atoms with Crippen molar-refractivity contribution in [1.29, 1.82) is 0 Å². The molecule has 10 heteroatoms. The summed E-state index contributed by atoms with van der Waals surface area (Å²) in [6.07, 6.45) is 3.72. The van der Waals surface area contributed by atoms with Gasteiger partial charge in [0.25, 0.3) is 11.8 Å². The standard InChI is InChI=1S/C27H27N7O3/c1-27(2)20-12-17(10-11-18(20)23(36)32-27)29-26-28-13-19(25-34-33-24(37-25)16-8-9-16)22(31-26)30-21(14-35)15-6-4-3-5-7-15/h3-7,10-13,16,21,35H,8-9,14H2,1-2H3,(H,32,36)(H2,28,29,30,31). The minimum absolute atomic E-state index is 0.0836. The van der Waals surface area contributed by atoms with Crippen molar-refractivity contribution in [2.75, 3.05) is 17.2 Å². The lowest BCUT2D eigenvalue weighted by molar-refractivity contribution is 0.0940. The largest absolute Gasteiger partial charge is 0.420 e. The monoisotopic (exact) mass is 497 g/mol. The first kappa shape index (κ1) is 23.1. The van der Waals surface area contributed by atoms with Gasteiger partial charge in [0.2, 0.25) is 11.8 Å². The minimum atomic E-state index is -0.469. The number of amides is 1. The Bertz CT molecular complexity index is 1460. The summed E-state index contributed by atoms with van der Waals surface area (Å²) in [4.78, 5) is 21.5. The van der Waals surface area contributed by atoms with Crippen LogP contribution in [0.1, 0.15) is 66.0 Å². The van der Waals surface area contributed by atoms with Crippen LogP contribution < -0.4 is 16.0 Å². The van der Waals surface area contributed by atoms with E-state index in [1.54, 1.807) is 12.3 Å². The molecular formula is C27H27N7O3. The zero-order chi connectivity index (χ0) is 25.6. The van der Waals surface area contributed by atoms with Crippen LogP contribution in [0.3, 0.4) is 0 Å². The number of rotatable bonds is 8. The number of aromatic nitrogens is 4. The Labute approximate surface area is 213 Å². The molecule has 0 saturated heterocycles. The number of carbonyl (C=O) groups excluding carboxylic acids is 1. The van der Waals surface area contributed by atoms with Gasteiger partial charge in [-0.15, -0.1) is 10.2 Å². The van der Waals surface area contributed by atoms with Gasteiger partial charge in [-0.05, 0) is 56.0 Å². The fourth-order valence-corrected chi connectivity index (χ4v) is 4.52. The molecule has 4 aromatic rings. The second-order valence-corrected chi connectivity index (χ2v) is 9.93. The van der Waals surface area contributed by atoms with Crippen molar-refractivity contribution in [3.8, 4) is 11.5 Å². The number of hydrogen-bond donors (Lipinski definition) is 4. The summed E-state index contributed by atoms with van der Waals surface area (Å²) in [5.74, 6) is 1.97. The van der Waals surface area contributed by atoms with Crippen LogP contribution in [0, 0.1) is 0 Å². The van der Waals surface area contributed by atoms with Crippen LogP contribution in [-0.2, 0) is 5.54 Å². The maximum absolute atomic E-state index is 12.3. The molecule has 1 unspecified atom stereocenters. The molecule has 1 atom stereocenters. The molecular weight excluding hydrogens is 470 g/mol. The molecule has 1 fully saturated rings. The molecule has 2 aromatic heterocycles. The van der Waals surface area contributed by atoms with E-state index < -0.39 is 11.6 Å². The first-order valence-corrected chi connectivity index (χ1v) is 12.3. The molecule has 1 aliphatic heterocycles. The third-order valence-corrected chi connectivity index (χ3v) is 6.70. The Morgan fingerprint density at radius 1 is 1.14 bits per heavy atom. The first-order chi connectivity index (χ1) is 17.9. The zero-order valence-corrected chi connectivity index (χ0v) is 20.5. The van der Waals surface area contributed by atoms with E-state index in [1.165, 1.54) is 0 Å². The molecule has 10 nitrogen and oxygen atoms in total. The number of fused-ring (bicyclic) bond motifs is 1. The van der Waals surface area contributed by atoms with E-state index in [-0.39, 0.29) is 12.5 Å². The summed E-state index contributed by atoms with van der Waals surface area (Å²) in [7, 11) is 0. The van der Waals surface area contributed by atoms with E-state index in [2.05, 4.69) is 31.1 Å². The normalized spacial score (nSPS) is 16.7. The van der Waals surface area contributed by atoms with Crippen molar-refractivity contribution in [3.05, 3.63) is 77.3 Å². The van der Waals surface area contributed by atoms with Crippen molar-refractivity contribution in [2.24, 2.45) is 0 Å². The van der Waals surface area contributed by atoms with Crippen molar-refractivity contribution >= 4 is 23.4 Å². The summed E-state index contributed by atoms with van der Waals surface area (Å²) >= 11 is 0. The molecule has 4 N–H and O–H groups in total. The molecule has 2 aliphatic rings. The van der Waals surface area contributed by atoms with Gasteiger partial charge in [-0.3, -0.25) is 4.79 Å². The van der Waals surface area contributed by atoms with Crippen LogP contribution in [0.5, 0.6) is 0 Å². The molecule has 3 heterocycles. The third kappa shape index (κ3) is 4.51. The average Bonchev–Trinajstić information content (AvgIpc) is 3.58. The summed E-state index contributed by atoms with van der Waals surface area (Å²) in [6, 6.07) is 14.8. The predicted octanol–water partition coefficient (Wildman–Crippen LogP) is 4.27. The second kappa shape index (κ2) is 8.97. The van der Waals surface area contributed by atoms with Gasteiger partial charge in [0.1, 0.15) is 5.82 Å². The van der Waals surface area contributed by atoms with Crippen molar-refractivity contribution < 1.29 is 14.3 Å². The van der Waals surface area contributed by atoms with Crippen molar-refractivity contribution in [1.82, 2.24) is 25.5 Å². The van der Waals surface area contributed by atoms with Crippen LogP contribution >= 0.6 is 0 Å². The quantitative estimate of drug-likeness (QED) is 0.281. The Morgan fingerprint density at radius 3 is 2.70 bits per heavy atom. The molecule has 6 rings (SSSR count). The smallest absolute Gasteiger partial charge is 0.253 e. The highest BCUT2D eigenvalue weighted by Crippen LogP contribution is 2.41. The van der Waals surface area contributed by atoms with E-state index in [4.69, 9.17) is 9.40 Å². The van der Waals surface area contributed by atoms with Crippen LogP contribution in [0.2, 0.25) is 0 Å². The molecule has 37 heavy (non-hydrogen) atoms. The fourth-order valence-electron chi connectivity index (χ4n) is 4.52. The van der Waals surface area contributed by atoms with Crippen molar-refractivity contribution in [3.63, 3.8) is 0 Å². The lowest BCUT2D eigenvalue weighted by Crippen LogP contribution is -2.32. The van der Waals surface area contributed by atoms with Crippen LogP contribution in [0.15, 0.2) is 59.1 Å². The molecule has 0 spiro atoms. The fraction of sp³-hybridized carbons (Fsp3) is 0.296. The van der Waals surface area contributed by atoms with E-state index in [0.717, 1.165) is 29.7 Å². The Morgan fingerprint density at radius 2 is 1.95 bits per heavy atom. The number of nitrogens with one attached hydrogen (secondary N) is 3. The SMILES string of the molecule is CC1(C)NC(=O)c2ccc(Nc3ncc(-c4nnc(C5CC5)o4)c(NC(CO)c4ccccc4)n3)cc21. The number of aliphatic hydroxyl groups is 1. The predicted molar refractivity (Wildman–Crippen MR) is 137 cm³/mol. The summed E-state index contributed by atoms with van der Waals surface area (Å²) in [5, 5.41) is 28.1. The second-order valence-electron chi connectivity index (χ2n) is 9.93. The maximum atomic E-state index is 12.3. The summed E-state index contributed by atoms with van der Waals surface area (Å²) < 4.78 is 5.93. The van der Waals surface area contributed by atoms with Crippen LogP contribution in [0.25, 0.3) is 11.5 Å². The van der Waals surface area contributed by atoms with E-state index in [1.807, 2.05) is 56.3 Å². The number of carbonyl (C=O) groups is 1. The van der Waals surface area contributed by atoms with Crippen LogP contribution in [0.4, 0.5) is 17.5 Å². The highest BCUT2D eigenvalue weighted by Gasteiger charge is 2.35. The lowest BCUT2D eigenvalue weighted by Gasteiger charge is -2.20. The van der Waals surface area contributed by atoms with Gasteiger partial charge in [-0.2, -0.15) is 4.98 Å². The van der Waals surface area contributed by atoms with E-state index >= 15 is 0 Å². The van der Waals surface area contributed by atoms with E-state index in [9.17, 15) is 9.90 Å². The number of nitrogens with zero attached hydrogens (tertiary/aromatic N) is 4.